The minimum atomic E-state index is -0.353. The number of amides is 1. The summed E-state index contributed by atoms with van der Waals surface area (Å²) in [6.07, 6.45) is 1.45. The van der Waals surface area contributed by atoms with Gasteiger partial charge in [-0.3, -0.25) is 4.79 Å². The molecule has 1 heterocycles. The SMILES string of the molecule is CCOC(=O)c1ccc(-c2ccc(/C=N\NC(=O)CSCc3ccccc3)o2)cc1. The molecule has 0 fully saturated rings. The molecule has 0 unspecified atom stereocenters. The summed E-state index contributed by atoms with van der Waals surface area (Å²) in [4.78, 5) is 23.6. The highest BCUT2D eigenvalue weighted by molar-refractivity contribution is 7.99. The molecule has 2 aromatic carbocycles. The molecule has 0 bridgehead atoms. The third-order valence-electron chi connectivity index (χ3n) is 4.03. The first-order chi connectivity index (χ1) is 14.7. The lowest BCUT2D eigenvalue weighted by Gasteiger charge is -2.02. The van der Waals surface area contributed by atoms with Crippen LogP contribution in [0.3, 0.4) is 0 Å². The minimum Gasteiger partial charge on any atom is -0.462 e. The molecule has 3 rings (SSSR count). The Morgan fingerprint density at radius 1 is 1.07 bits per heavy atom. The van der Waals surface area contributed by atoms with Gasteiger partial charge in [-0.1, -0.05) is 42.5 Å². The molecule has 6 nitrogen and oxygen atoms in total. The molecule has 7 heteroatoms. The normalized spacial score (nSPS) is 10.8. The second-order valence-electron chi connectivity index (χ2n) is 6.27. The van der Waals surface area contributed by atoms with Crippen molar-refractivity contribution < 1.29 is 18.7 Å². The van der Waals surface area contributed by atoms with Crippen molar-refractivity contribution in [3.63, 3.8) is 0 Å². The van der Waals surface area contributed by atoms with E-state index in [-0.39, 0.29) is 11.9 Å². The van der Waals surface area contributed by atoms with Crippen LogP contribution >= 0.6 is 11.8 Å². The first kappa shape index (κ1) is 21.4. The monoisotopic (exact) mass is 422 g/mol. The molecular formula is C23H22N2O4S. The number of hydrogen-bond donors (Lipinski definition) is 1. The van der Waals surface area contributed by atoms with Gasteiger partial charge < -0.3 is 9.15 Å². The van der Waals surface area contributed by atoms with Crippen molar-refractivity contribution in [1.29, 1.82) is 0 Å². The number of rotatable bonds is 9. The maximum absolute atomic E-state index is 11.9. The topological polar surface area (TPSA) is 80.9 Å². The average Bonchev–Trinajstić information content (AvgIpc) is 3.24. The Balaban J connectivity index is 1.47. The predicted octanol–water partition coefficient (Wildman–Crippen LogP) is 4.51. The molecule has 0 aliphatic rings. The zero-order valence-corrected chi connectivity index (χ0v) is 17.4. The Morgan fingerprint density at radius 3 is 2.57 bits per heavy atom. The van der Waals surface area contributed by atoms with Crippen LogP contribution in [0.25, 0.3) is 11.3 Å². The van der Waals surface area contributed by atoms with Crippen LogP contribution in [0.2, 0.25) is 0 Å². The van der Waals surface area contributed by atoms with Crippen LogP contribution in [-0.4, -0.2) is 30.5 Å². The van der Waals surface area contributed by atoms with Gasteiger partial charge in [0, 0.05) is 11.3 Å². The number of nitrogens with one attached hydrogen (secondary N) is 1. The molecular weight excluding hydrogens is 400 g/mol. The van der Waals surface area contributed by atoms with Crippen LogP contribution in [0.15, 0.2) is 76.2 Å². The molecule has 0 radical (unpaired) electrons. The van der Waals surface area contributed by atoms with E-state index in [1.54, 1.807) is 43.3 Å². The summed E-state index contributed by atoms with van der Waals surface area (Å²) in [5.74, 6) is 1.72. The summed E-state index contributed by atoms with van der Waals surface area (Å²) in [7, 11) is 0. The number of thioether (sulfide) groups is 1. The van der Waals surface area contributed by atoms with E-state index < -0.39 is 0 Å². The van der Waals surface area contributed by atoms with Crippen molar-refractivity contribution in [3.05, 3.63) is 83.6 Å². The van der Waals surface area contributed by atoms with Crippen molar-refractivity contribution in [3.8, 4) is 11.3 Å². The fourth-order valence-electron chi connectivity index (χ4n) is 2.60. The number of benzene rings is 2. The maximum atomic E-state index is 11.9. The molecule has 0 aliphatic carbocycles. The van der Waals surface area contributed by atoms with Crippen LogP contribution in [0.5, 0.6) is 0 Å². The number of nitrogens with zero attached hydrogens (tertiary/aromatic N) is 1. The lowest BCUT2D eigenvalue weighted by atomic mass is 10.1. The Morgan fingerprint density at radius 2 is 1.83 bits per heavy atom. The largest absolute Gasteiger partial charge is 0.462 e. The lowest BCUT2D eigenvalue weighted by Crippen LogP contribution is -2.19. The molecule has 0 spiro atoms. The third-order valence-corrected chi connectivity index (χ3v) is 5.04. The molecule has 0 saturated heterocycles. The molecule has 0 aliphatic heterocycles. The van der Waals surface area contributed by atoms with Gasteiger partial charge in [-0.15, -0.1) is 11.8 Å². The van der Waals surface area contributed by atoms with Gasteiger partial charge in [0.15, 0.2) is 0 Å². The second kappa shape index (κ2) is 11.0. The first-order valence-electron chi connectivity index (χ1n) is 9.46. The predicted molar refractivity (Wildman–Crippen MR) is 118 cm³/mol. The van der Waals surface area contributed by atoms with E-state index in [9.17, 15) is 9.59 Å². The molecule has 154 valence electrons. The fourth-order valence-corrected chi connectivity index (χ4v) is 3.38. The number of hydrogen-bond acceptors (Lipinski definition) is 6. The summed E-state index contributed by atoms with van der Waals surface area (Å²) in [6.45, 7) is 2.11. The van der Waals surface area contributed by atoms with Crippen molar-refractivity contribution in [2.75, 3.05) is 12.4 Å². The van der Waals surface area contributed by atoms with Gasteiger partial charge in [-0.2, -0.15) is 5.10 Å². The van der Waals surface area contributed by atoms with Gasteiger partial charge in [0.25, 0.3) is 0 Å². The van der Waals surface area contributed by atoms with E-state index in [0.717, 1.165) is 11.3 Å². The zero-order chi connectivity index (χ0) is 21.2. The highest BCUT2D eigenvalue weighted by atomic mass is 32.2. The molecule has 1 N–H and O–H groups in total. The van der Waals surface area contributed by atoms with E-state index in [0.29, 0.717) is 29.4 Å². The van der Waals surface area contributed by atoms with Gasteiger partial charge in [-0.25, -0.2) is 10.2 Å². The molecule has 1 amide bonds. The zero-order valence-electron chi connectivity index (χ0n) is 16.5. The quantitative estimate of drug-likeness (QED) is 0.312. The van der Waals surface area contributed by atoms with E-state index >= 15 is 0 Å². The van der Waals surface area contributed by atoms with Crippen molar-refractivity contribution in [1.82, 2.24) is 5.43 Å². The highest BCUT2D eigenvalue weighted by Gasteiger charge is 2.08. The smallest absolute Gasteiger partial charge is 0.338 e. The van der Waals surface area contributed by atoms with Gasteiger partial charge in [-0.05, 0) is 36.8 Å². The highest BCUT2D eigenvalue weighted by Crippen LogP contribution is 2.22. The molecule has 1 aromatic heterocycles. The summed E-state index contributed by atoms with van der Waals surface area (Å²) >= 11 is 1.53. The van der Waals surface area contributed by atoms with Gasteiger partial charge >= 0.3 is 5.97 Å². The Labute approximate surface area is 179 Å². The second-order valence-corrected chi connectivity index (χ2v) is 7.26. The van der Waals surface area contributed by atoms with Crippen LogP contribution in [0.1, 0.15) is 28.6 Å². The Bertz CT molecular complexity index is 998. The van der Waals surface area contributed by atoms with Crippen LogP contribution in [0.4, 0.5) is 0 Å². The summed E-state index contributed by atoms with van der Waals surface area (Å²) in [5.41, 5.74) is 4.99. The van der Waals surface area contributed by atoms with Gasteiger partial charge in [0.1, 0.15) is 11.5 Å². The Hall–Kier alpha value is -3.32. The fraction of sp³-hybridized carbons (Fsp3) is 0.174. The number of carbonyl (C=O) groups is 2. The maximum Gasteiger partial charge on any atom is 0.338 e. The van der Waals surface area contributed by atoms with Crippen molar-refractivity contribution >= 4 is 29.9 Å². The van der Waals surface area contributed by atoms with E-state index in [4.69, 9.17) is 9.15 Å². The van der Waals surface area contributed by atoms with E-state index in [2.05, 4.69) is 10.5 Å². The van der Waals surface area contributed by atoms with Crippen molar-refractivity contribution in [2.45, 2.75) is 12.7 Å². The van der Waals surface area contributed by atoms with Crippen LogP contribution in [-0.2, 0) is 15.3 Å². The number of hydrazone groups is 1. The standard InChI is InChI=1S/C23H22N2O4S/c1-2-28-23(27)19-10-8-18(9-11-19)21-13-12-20(29-21)14-24-25-22(26)16-30-15-17-6-4-3-5-7-17/h3-14H,2,15-16H2,1H3,(H,25,26)/b24-14-. The van der Waals surface area contributed by atoms with Crippen LogP contribution in [0, 0.1) is 0 Å². The molecule has 0 atom stereocenters. The third kappa shape index (κ3) is 6.35. The molecule has 0 saturated carbocycles. The minimum absolute atomic E-state index is 0.173. The van der Waals surface area contributed by atoms with Crippen molar-refractivity contribution in [2.24, 2.45) is 5.10 Å². The number of furan rings is 1. The molecule has 3 aromatic rings. The number of esters is 1. The first-order valence-corrected chi connectivity index (χ1v) is 10.6. The number of carbonyl (C=O) groups excluding carboxylic acids is 2. The van der Waals surface area contributed by atoms with Gasteiger partial charge in [0.05, 0.1) is 24.1 Å². The van der Waals surface area contributed by atoms with Crippen LogP contribution < -0.4 is 5.43 Å². The lowest BCUT2D eigenvalue weighted by molar-refractivity contribution is -0.118. The van der Waals surface area contributed by atoms with E-state index in [1.807, 2.05) is 30.3 Å². The summed E-state index contributed by atoms with van der Waals surface area (Å²) < 4.78 is 10.7. The number of ether oxygens (including phenoxy) is 1. The summed E-state index contributed by atoms with van der Waals surface area (Å²) in [6, 6.07) is 20.5. The average molecular weight is 423 g/mol. The molecule has 30 heavy (non-hydrogen) atoms. The van der Waals surface area contributed by atoms with Gasteiger partial charge in [0.2, 0.25) is 5.91 Å². The van der Waals surface area contributed by atoms with E-state index in [1.165, 1.54) is 23.5 Å². The Kier molecular flexibility index (Phi) is 7.86. The summed E-state index contributed by atoms with van der Waals surface area (Å²) in [5, 5.41) is 3.94.